The van der Waals surface area contributed by atoms with Crippen LogP contribution in [0.2, 0.25) is 0 Å². The summed E-state index contributed by atoms with van der Waals surface area (Å²) in [5.41, 5.74) is -0.414. The molecule has 4 aliphatic rings. The number of hydrogen-bond acceptors (Lipinski definition) is 3. The molecule has 2 saturated carbocycles. The second-order valence-electron chi connectivity index (χ2n) is 9.73. The Kier molecular flexibility index (Phi) is 3.57. The van der Waals surface area contributed by atoms with Gasteiger partial charge in [0.15, 0.2) is 6.04 Å². The first-order chi connectivity index (χ1) is 11.2. The van der Waals surface area contributed by atoms with Crippen molar-refractivity contribution >= 4 is 0 Å². The quantitative estimate of drug-likeness (QED) is 0.548. The third-order valence-electron chi connectivity index (χ3n) is 8.72. The van der Waals surface area contributed by atoms with Crippen molar-refractivity contribution in [2.45, 2.75) is 104 Å². The van der Waals surface area contributed by atoms with Crippen molar-refractivity contribution in [3.05, 3.63) is 5.21 Å². The maximum absolute atomic E-state index is 14.3. The molecule has 4 fully saturated rings. The molecule has 0 aromatic carbocycles. The molecule has 2 aliphatic heterocycles. The Bertz CT molecular complexity index is 537. The van der Waals surface area contributed by atoms with Crippen LogP contribution in [0.3, 0.4) is 0 Å². The number of hydroxylamine groups is 4. The first-order valence-corrected chi connectivity index (χ1v) is 10.2. The molecule has 2 aliphatic carbocycles. The molecular formula is C20H35NO3. The first-order valence-electron chi connectivity index (χ1n) is 10.2. The van der Waals surface area contributed by atoms with Gasteiger partial charge in [-0.15, -0.1) is 0 Å². The molecule has 8 atom stereocenters. The second-order valence-corrected chi connectivity index (χ2v) is 9.73. The smallest absolute Gasteiger partial charge is 0.239 e. The van der Waals surface area contributed by atoms with E-state index in [9.17, 15) is 5.21 Å². The van der Waals surface area contributed by atoms with Crippen LogP contribution < -0.4 is 0 Å². The van der Waals surface area contributed by atoms with Gasteiger partial charge in [-0.25, -0.2) is 0 Å². The molecule has 0 aromatic heterocycles. The molecule has 1 unspecified atom stereocenters. The zero-order valence-electron chi connectivity index (χ0n) is 16.3. The molecule has 0 aromatic rings. The summed E-state index contributed by atoms with van der Waals surface area (Å²) in [6.45, 7) is 13.6. The van der Waals surface area contributed by atoms with Crippen LogP contribution >= 0.6 is 0 Å². The van der Waals surface area contributed by atoms with Gasteiger partial charge in [-0.1, -0.05) is 48.0 Å². The van der Waals surface area contributed by atoms with Crippen molar-refractivity contribution < 1.29 is 14.4 Å². The van der Waals surface area contributed by atoms with Crippen LogP contribution in [0.4, 0.5) is 0 Å². The van der Waals surface area contributed by atoms with Gasteiger partial charge in [0.05, 0.1) is 5.92 Å². The van der Waals surface area contributed by atoms with E-state index in [1.165, 1.54) is 6.42 Å². The molecule has 24 heavy (non-hydrogen) atoms. The molecule has 0 amide bonds. The fourth-order valence-corrected chi connectivity index (χ4v) is 6.94. The van der Waals surface area contributed by atoms with Crippen LogP contribution in [0.5, 0.6) is 0 Å². The largest absolute Gasteiger partial charge is 0.596 e. The van der Waals surface area contributed by atoms with E-state index in [4.69, 9.17) is 9.57 Å². The molecule has 4 heteroatoms. The highest BCUT2D eigenvalue weighted by Crippen LogP contribution is 2.73. The van der Waals surface area contributed by atoms with Crippen LogP contribution in [0.15, 0.2) is 0 Å². The Labute approximate surface area is 147 Å². The van der Waals surface area contributed by atoms with Crippen molar-refractivity contribution in [1.29, 1.82) is 0 Å². The predicted molar refractivity (Wildman–Crippen MR) is 93.5 cm³/mol. The molecule has 0 spiro atoms. The highest BCUT2D eigenvalue weighted by atomic mass is 17.0. The Hall–Kier alpha value is -0.160. The topological polar surface area (TPSA) is 41.5 Å². The maximum Gasteiger partial charge on any atom is 0.239 e. The van der Waals surface area contributed by atoms with Crippen molar-refractivity contribution in [2.24, 2.45) is 22.7 Å². The van der Waals surface area contributed by atoms with Crippen LogP contribution in [-0.4, -0.2) is 28.8 Å². The van der Waals surface area contributed by atoms with Crippen molar-refractivity contribution in [3.8, 4) is 0 Å². The van der Waals surface area contributed by atoms with Crippen molar-refractivity contribution in [3.63, 3.8) is 0 Å². The average molecular weight is 338 g/mol. The van der Waals surface area contributed by atoms with Crippen LogP contribution in [0, 0.1) is 27.9 Å². The van der Waals surface area contributed by atoms with E-state index in [0.29, 0.717) is 5.92 Å². The second kappa shape index (κ2) is 4.97. The van der Waals surface area contributed by atoms with Crippen molar-refractivity contribution in [2.75, 3.05) is 0 Å². The van der Waals surface area contributed by atoms with E-state index >= 15 is 0 Å². The van der Waals surface area contributed by atoms with Gasteiger partial charge < -0.3 is 9.94 Å². The summed E-state index contributed by atoms with van der Waals surface area (Å²) in [7, 11) is 0. The van der Waals surface area contributed by atoms with Gasteiger partial charge in [0.2, 0.25) is 5.72 Å². The van der Waals surface area contributed by atoms with Gasteiger partial charge in [0.25, 0.3) is 0 Å². The zero-order chi connectivity index (χ0) is 17.5. The normalized spacial score (nSPS) is 57.4. The van der Waals surface area contributed by atoms with Crippen molar-refractivity contribution in [1.82, 2.24) is 0 Å². The molecule has 2 saturated heterocycles. The summed E-state index contributed by atoms with van der Waals surface area (Å²) < 4.78 is 6.84. The average Bonchev–Trinajstić information content (AvgIpc) is 3.03. The van der Waals surface area contributed by atoms with Gasteiger partial charge in [-0.3, -0.25) is 0 Å². The third-order valence-corrected chi connectivity index (χ3v) is 8.72. The Morgan fingerprint density at radius 3 is 2.50 bits per heavy atom. The van der Waals surface area contributed by atoms with E-state index in [1.54, 1.807) is 0 Å². The maximum atomic E-state index is 14.3. The summed E-state index contributed by atoms with van der Waals surface area (Å²) in [5.74, 6) is 0.586. The summed E-state index contributed by atoms with van der Waals surface area (Å²) in [6.07, 6.45) is 6.22. The fraction of sp³-hybridized carbons (Fsp3) is 1.00. The number of quaternary nitrogens is 1. The number of ether oxygens (including phenoxy) is 1. The minimum Gasteiger partial charge on any atom is -0.596 e. The molecule has 4 nitrogen and oxygen atoms in total. The van der Waals surface area contributed by atoms with E-state index in [2.05, 4.69) is 41.5 Å². The minimum absolute atomic E-state index is 0.0328. The Balaban J connectivity index is 1.79. The predicted octanol–water partition coefficient (Wildman–Crippen LogP) is 4.77. The van der Waals surface area contributed by atoms with Gasteiger partial charge in [-0.05, 0) is 31.1 Å². The van der Waals surface area contributed by atoms with Crippen LogP contribution in [-0.2, 0) is 9.57 Å². The molecule has 2 bridgehead atoms. The lowest BCUT2D eigenvalue weighted by molar-refractivity contribution is -1.11. The van der Waals surface area contributed by atoms with E-state index in [1.807, 2.05) is 0 Å². The van der Waals surface area contributed by atoms with Gasteiger partial charge in [0, 0.05) is 17.8 Å². The lowest BCUT2D eigenvalue weighted by Crippen LogP contribution is -2.60. The number of nitrogens with zero attached hydrogens (tertiary/aromatic N) is 1. The molecule has 2 heterocycles. The standard InChI is InChI=1S/C20H35NO3/c1-7-9-15-13(3)20(11-8-2)21(22,24-15)16-14-10-12-19(6,17(16)23-20)18(14,4)5/h13-17H,7-12H2,1-6H3/t13-,14+,15-,16+,17+,19-,20-,21?/m0/s1. The lowest BCUT2D eigenvalue weighted by atomic mass is 9.70. The first kappa shape index (κ1) is 17.3. The number of rotatable bonds is 4. The van der Waals surface area contributed by atoms with Gasteiger partial charge in [0.1, 0.15) is 12.2 Å². The highest BCUT2D eigenvalue weighted by Gasteiger charge is 2.82. The Morgan fingerprint density at radius 2 is 1.88 bits per heavy atom. The molecule has 138 valence electrons. The summed E-state index contributed by atoms with van der Waals surface area (Å²) in [6, 6.07) is -0.0328. The summed E-state index contributed by atoms with van der Waals surface area (Å²) in [4.78, 5) is 5.83. The van der Waals surface area contributed by atoms with Crippen LogP contribution in [0.25, 0.3) is 0 Å². The number of hydrogen-bond donors (Lipinski definition) is 0. The summed E-state index contributed by atoms with van der Waals surface area (Å²) >= 11 is 0. The highest BCUT2D eigenvalue weighted by molar-refractivity contribution is 5.19. The number of fused-ring (bicyclic) bond motifs is 7. The minimum atomic E-state index is -0.676. The summed E-state index contributed by atoms with van der Waals surface area (Å²) in [5, 5.41) is 14.3. The lowest BCUT2D eigenvalue weighted by Gasteiger charge is -2.48. The molecule has 4 rings (SSSR count). The Morgan fingerprint density at radius 1 is 1.17 bits per heavy atom. The van der Waals surface area contributed by atoms with Gasteiger partial charge >= 0.3 is 0 Å². The third kappa shape index (κ3) is 1.61. The van der Waals surface area contributed by atoms with E-state index in [-0.39, 0.29) is 35.0 Å². The monoisotopic (exact) mass is 337 g/mol. The molecule has 0 radical (unpaired) electrons. The van der Waals surface area contributed by atoms with Crippen LogP contribution in [0.1, 0.15) is 80.1 Å². The molecule has 0 N–H and O–H groups in total. The SMILES string of the molecule is CCC[C@@H]1O[N+]2([O-])[C@@H]3[C@H]4CC[C@@](C)([C@@H]3O[C@@]2(CCC)[C@H]1C)C4(C)C. The van der Waals surface area contributed by atoms with E-state index in [0.717, 1.165) is 32.1 Å². The van der Waals surface area contributed by atoms with E-state index < -0.39 is 10.5 Å². The zero-order valence-corrected chi connectivity index (χ0v) is 16.3. The van der Waals surface area contributed by atoms with Gasteiger partial charge in [-0.2, -0.15) is 9.65 Å². The fourth-order valence-electron chi connectivity index (χ4n) is 6.94. The molecular weight excluding hydrogens is 302 g/mol.